The molecule has 3 N–H and O–H groups in total. The van der Waals surface area contributed by atoms with Crippen LogP contribution in [0.4, 0.5) is 0 Å². The molecule has 0 unspecified atom stereocenters. The molecular weight excluding hydrogens is 364 g/mol. The number of nitrogens with zero attached hydrogens (tertiary/aromatic N) is 2. The van der Waals surface area contributed by atoms with Crippen LogP contribution in [0.3, 0.4) is 0 Å². The summed E-state index contributed by atoms with van der Waals surface area (Å²) < 4.78 is 0. The first kappa shape index (κ1) is 21.7. The summed E-state index contributed by atoms with van der Waals surface area (Å²) in [7, 11) is 0. The first-order chi connectivity index (χ1) is 12.6. The lowest BCUT2D eigenvalue weighted by Gasteiger charge is -2.32. The lowest BCUT2D eigenvalue weighted by Crippen LogP contribution is -2.48. The highest BCUT2D eigenvalue weighted by atomic mass is 35.5. The Morgan fingerprint density at radius 1 is 1.15 bits per heavy atom. The number of amides is 2. The number of piperidine rings is 1. The van der Waals surface area contributed by atoms with Crippen LogP contribution in [0.15, 0.2) is 30.3 Å². The molecule has 0 spiro atoms. The summed E-state index contributed by atoms with van der Waals surface area (Å²) in [6.07, 6.45) is 1.67. The molecule has 0 bridgehead atoms. The Labute approximate surface area is 167 Å². The Kier molecular flexibility index (Phi) is 8.07. The summed E-state index contributed by atoms with van der Waals surface area (Å²) >= 11 is 0. The molecule has 150 valence electrons. The zero-order valence-electron chi connectivity index (χ0n) is 16.0. The van der Waals surface area contributed by atoms with E-state index in [0.717, 1.165) is 39.0 Å². The van der Waals surface area contributed by atoms with Gasteiger partial charge in [0.2, 0.25) is 11.8 Å². The minimum atomic E-state index is 0. The Balaban J connectivity index is 0.00000261. The molecule has 0 aliphatic carbocycles. The van der Waals surface area contributed by atoms with E-state index >= 15 is 0 Å². The normalized spacial score (nSPS) is 23.7. The Bertz CT molecular complexity index is 620. The van der Waals surface area contributed by atoms with Crippen LogP contribution in [0.25, 0.3) is 0 Å². The van der Waals surface area contributed by atoms with Gasteiger partial charge in [-0.05, 0) is 30.9 Å². The van der Waals surface area contributed by atoms with Crippen molar-refractivity contribution < 1.29 is 9.59 Å². The molecule has 0 radical (unpaired) electrons. The van der Waals surface area contributed by atoms with Gasteiger partial charge in [0.1, 0.15) is 0 Å². The van der Waals surface area contributed by atoms with Crippen LogP contribution >= 0.6 is 12.4 Å². The first-order valence-electron chi connectivity index (χ1n) is 9.59. The molecule has 2 heterocycles. The number of rotatable bonds is 5. The van der Waals surface area contributed by atoms with E-state index in [1.165, 1.54) is 5.56 Å². The lowest BCUT2D eigenvalue weighted by atomic mass is 9.89. The third kappa shape index (κ3) is 5.67. The Morgan fingerprint density at radius 2 is 1.81 bits per heavy atom. The molecule has 2 saturated heterocycles. The predicted octanol–water partition coefficient (Wildman–Crippen LogP) is 1.21. The standard InChI is InChI=1S/C20H30N4O2.ClH/c1-15(25)24-9-7-18(8-10-24)22-20(26)14-23-12-17(11-21)19(13-23)16-5-3-2-4-6-16;/h2-6,17-19H,7-14,21H2,1H3,(H,22,26);1H/t17-,19+;/m1./s1. The average Bonchev–Trinajstić information content (AvgIpc) is 3.05. The van der Waals surface area contributed by atoms with Gasteiger partial charge >= 0.3 is 0 Å². The van der Waals surface area contributed by atoms with Gasteiger partial charge in [-0.3, -0.25) is 14.5 Å². The van der Waals surface area contributed by atoms with Gasteiger partial charge in [-0.1, -0.05) is 30.3 Å². The van der Waals surface area contributed by atoms with E-state index in [1.54, 1.807) is 6.92 Å². The maximum atomic E-state index is 12.5. The van der Waals surface area contributed by atoms with Crippen LogP contribution < -0.4 is 11.1 Å². The van der Waals surface area contributed by atoms with Gasteiger partial charge in [0.15, 0.2) is 0 Å². The monoisotopic (exact) mass is 394 g/mol. The van der Waals surface area contributed by atoms with Crippen LogP contribution in [-0.2, 0) is 9.59 Å². The Morgan fingerprint density at radius 3 is 2.41 bits per heavy atom. The molecule has 3 rings (SSSR count). The molecule has 6 nitrogen and oxygen atoms in total. The van der Waals surface area contributed by atoms with Gasteiger partial charge < -0.3 is 16.0 Å². The maximum Gasteiger partial charge on any atom is 0.234 e. The van der Waals surface area contributed by atoms with Crippen LogP contribution in [-0.4, -0.2) is 66.9 Å². The average molecular weight is 395 g/mol. The van der Waals surface area contributed by atoms with E-state index in [-0.39, 0.29) is 30.3 Å². The third-order valence-corrected chi connectivity index (χ3v) is 5.72. The van der Waals surface area contributed by atoms with Crippen molar-refractivity contribution in [3.63, 3.8) is 0 Å². The molecule has 2 atom stereocenters. The molecule has 1 aromatic rings. The number of carbonyl (C=O) groups excluding carboxylic acids is 2. The van der Waals surface area contributed by atoms with Crippen molar-refractivity contribution in [1.82, 2.24) is 15.1 Å². The van der Waals surface area contributed by atoms with E-state index in [4.69, 9.17) is 5.73 Å². The second kappa shape index (κ2) is 10.1. The van der Waals surface area contributed by atoms with E-state index in [0.29, 0.717) is 24.9 Å². The summed E-state index contributed by atoms with van der Waals surface area (Å²) in [5, 5.41) is 3.14. The summed E-state index contributed by atoms with van der Waals surface area (Å²) in [6, 6.07) is 10.6. The third-order valence-electron chi connectivity index (χ3n) is 5.72. The molecule has 2 aliphatic heterocycles. The zero-order valence-corrected chi connectivity index (χ0v) is 16.8. The zero-order chi connectivity index (χ0) is 18.5. The largest absolute Gasteiger partial charge is 0.352 e. The summed E-state index contributed by atoms with van der Waals surface area (Å²) in [5.74, 6) is 0.985. The molecule has 0 saturated carbocycles. The van der Waals surface area contributed by atoms with Crippen molar-refractivity contribution in [2.24, 2.45) is 11.7 Å². The number of benzene rings is 1. The molecule has 1 aromatic carbocycles. The summed E-state index contributed by atoms with van der Waals surface area (Å²) in [5.41, 5.74) is 7.29. The number of nitrogens with one attached hydrogen (secondary N) is 1. The first-order valence-corrected chi connectivity index (χ1v) is 9.59. The molecule has 2 fully saturated rings. The van der Waals surface area contributed by atoms with E-state index in [1.807, 2.05) is 11.0 Å². The van der Waals surface area contributed by atoms with E-state index in [9.17, 15) is 9.59 Å². The number of hydrogen-bond donors (Lipinski definition) is 2. The number of hydrogen-bond acceptors (Lipinski definition) is 4. The van der Waals surface area contributed by atoms with Gasteiger partial charge in [0, 0.05) is 45.1 Å². The molecule has 7 heteroatoms. The van der Waals surface area contributed by atoms with E-state index < -0.39 is 0 Å². The lowest BCUT2D eigenvalue weighted by molar-refractivity contribution is -0.130. The van der Waals surface area contributed by atoms with Gasteiger partial charge in [-0.2, -0.15) is 0 Å². The molecule has 2 amide bonds. The van der Waals surface area contributed by atoms with Crippen molar-refractivity contribution in [1.29, 1.82) is 0 Å². The number of nitrogens with two attached hydrogens (primary N) is 1. The Hall–Kier alpha value is -1.63. The molecule has 27 heavy (non-hydrogen) atoms. The fourth-order valence-electron chi connectivity index (χ4n) is 4.22. The number of carbonyl (C=O) groups is 2. The van der Waals surface area contributed by atoms with Gasteiger partial charge in [0.05, 0.1) is 6.54 Å². The van der Waals surface area contributed by atoms with Crippen molar-refractivity contribution >= 4 is 24.2 Å². The van der Waals surface area contributed by atoms with Crippen molar-refractivity contribution in [2.75, 3.05) is 39.3 Å². The van der Waals surface area contributed by atoms with Crippen molar-refractivity contribution in [2.45, 2.75) is 31.7 Å². The van der Waals surface area contributed by atoms with Gasteiger partial charge in [-0.15, -0.1) is 12.4 Å². The molecular formula is C20H31ClN4O2. The predicted molar refractivity (Wildman–Crippen MR) is 109 cm³/mol. The summed E-state index contributed by atoms with van der Waals surface area (Å²) in [6.45, 7) is 5.87. The van der Waals surface area contributed by atoms with Crippen LogP contribution in [0.1, 0.15) is 31.2 Å². The number of halogens is 1. The topological polar surface area (TPSA) is 78.7 Å². The molecule has 2 aliphatic rings. The highest BCUT2D eigenvalue weighted by Crippen LogP contribution is 2.31. The second-order valence-corrected chi connectivity index (χ2v) is 7.55. The quantitative estimate of drug-likeness (QED) is 0.786. The minimum Gasteiger partial charge on any atom is -0.352 e. The smallest absolute Gasteiger partial charge is 0.234 e. The van der Waals surface area contributed by atoms with Gasteiger partial charge in [0.25, 0.3) is 0 Å². The fourth-order valence-corrected chi connectivity index (χ4v) is 4.22. The second-order valence-electron chi connectivity index (χ2n) is 7.55. The van der Waals surface area contributed by atoms with E-state index in [2.05, 4.69) is 34.5 Å². The fraction of sp³-hybridized carbons (Fsp3) is 0.600. The minimum absolute atomic E-state index is 0. The SMILES string of the molecule is CC(=O)N1CCC(NC(=O)CN2C[C@@H](CN)[C@H](c3ccccc3)C2)CC1.Cl. The summed E-state index contributed by atoms with van der Waals surface area (Å²) in [4.78, 5) is 27.9. The van der Waals surface area contributed by atoms with Crippen LogP contribution in [0.2, 0.25) is 0 Å². The van der Waals surface area contributed by atoms with Gasteiger partial charge in [-0.25, -0.2) is 0 Å². The molecule has 0 aromatic heterocycles. The highest BCUT2D eigenvalue weighted by molar-refractivity contribution is 5.85. The maximum absolute atomic E-state index is 12.5. The van der Waals surface area contributed by atoms with Crippen LogP contribution in [0, 0.1) is 5.92 Å². The highest BCUT2D eigenvalue weighted by Gasteiger charge is 2.34. The number of likely N-dealkylation sites (tertiary alicyclic amines) is 2. The van der Waals surface area contributed by atoms with Crippen molar-refractivity contribution in [3.8, 4) is 0 Å². The van der Waals surface area contributed by atoms with Crippen LogP contribution in [0.5, 0.6) is 0 Å². The van der Waals surface area contributed by atoms with Crippen molar-refractivity contribution in [3.05, 3.63) is 35.9 Å².